The molecule has 1 heterocycles. The third-order valence-corrected chi connectivity index (χ3v) is 3.97. The predicted molar refractivity (Wildman–Crippen MR) is 87.8 cm³/mol. The molecular formula is C17H27N3O. The minimum absolute atomic E-state index is 0.00666. The molecule has 1 fully saturated rings. The lowest BCUT2D eigenvalue weighted by molar-refractivity contribution is 0.0943. The minimum Gasteiger partial charge on any atom is -0.382 e. The highest BCUT2D eigenvalue weighted by molar-refractivity contribution is 5.94. The zero-order chi connectivity index (χ0) is 15.2. The van der Waals surface area contributed by atoms with Gasteiger partial charge in [-0.15, -0.1) is 0 Å². The second-order valence-electron chi connectivity index (χ2n) is 6.06. The first kappa shape index (κ1) is 15.8. The average Bonchev–Trinajstić information content (AvgIpc) is 2.48. The van der Waals surface area contributed by atoms with E-state index in [1.165, 1.54) is 25.9 Å². The molecule has 0 aliphatic carbocycles. The number of hydrogen-bond acceptors (Lipinski definition) is 3. The molecule has 0 spiro atoms. The summed E-state index contributed by atoms with van der Waals surface area (Å²) in [4.78, 5) is 14.4. The average molecular weight is 289 g/mol. The Morgan fingerprint density at radius 2 is 1.86 bits per heavy atom. The van der Waals surface area contributed by atoms with Crippen LogP contribution in [-0.4, -0.2) is 42.5 Å². The van der Waals surface area contributed by atoms with Gasteiger partial charge in [0.15, 0.2) is 0 Å². The standard InChI is InChI=1S/C17H27N3O/c1-4-20-11-9-16(10-12-20)19-15-7-5-14(6-8-15)17(21)18-13(2)3/h5-8,13,16,19H,4,9-12H2,1-3H3,(H,18,21). The quantitative estimate of drug-likeness (QED) is 0.876. The summed E-state index contributed by atoms with van der Waals surface area (Å²) in [5, 5.41) is 6.48. The van der Waals surface area contributed by atoms with Gasteiger partial charge in [-0.1, -0.05) is 6.92 Å². The number of carbonyl (C=O) groups is 1. The number of nitrogens with one attached hydrogen (secondary N) is 2. The Kier molecular flexibility index (Phi) is 5.62. The third-order valence-electron chi connectivity index (χ3n) is 3.97. The smallest absolute Gasteiger partial charge is 0.251 e. The van der Waals surface area contributed by atoms with E-state index in [1.54, 1.807) is 0 Å². The number of nitrogens with zero attached hydrogens (tertiary/aromatic N) is 1. The minimum atomic E-state index is -0.00666. The number of rotatable bonds is 5. The molecule has 0 atom stereocenters. The van der Waals surface area contributed by atoms with Gasteiger partial charge >= 0.3 is 0 Å². The van der Waals surface area contributed by atoms with Crippen LogP contribution in [0.4, 0.5) is 5.69 Å². The molecule has 116 valence electrons. The monoisotopic (exact) mass is 289 g/mol. The van der Waals surface area contributed by atoms with Crippen molar-refractivity contribution < 1.29 is 4.79 Å². The van der Waals surface area contributed by atoms with Crippen molar-refractivity contribution in [3.63, 3.8) is 0 Å². The second-order valence-corrected chi connectivity index (χ2v) is 6.06. The fourth-order valence-electron chi connectivity index (χ4n) is 2.69. The second kappa shape index (κ2) is 7.46. The number of benzene rings is 1. The third kappa shape index (κ3) is 4.74. The molecule has 1 saturated heterocycles. The molecule has 0 aromatic heterocycles. The van der Waals surface area contributed by atoms with Crippen molar-refractivity contribution in [3.8, 4) is 0 Å². The molecule has 0 unspecified atom stereocenters. The highest BCUT2D eigenvalue weighted by atomic mass is 16.1. The van der Waals surface area contributed by atoms with Crippen LogP contribution in [-0.2, 0) is 0 Å². The summed E-state index contributed by atoms with van der Waals surface area (Å²) >= 11 is 0. The maximum Gasteiger partial charge on any atom is 0.251 e. The first-order valence-corrected chi connectivity index (χ1v) is 7.98. The molecule has 0 saturated carbocycles. The Morgan fingerprint density at radius 1 is 1.24 bits per heavy atom. The maximum absolute atomic E-state index is 11.9. The van der Waals surface area contributed by atoms with Gasteiger partial charge in [-0.3, -0.25) is 4.79 Å². The maximum atomic E-state index is 11.9. The molecule has 2 rings (SSSR count). The molecule has 1 aromatic rings. The Hall–Kier alpha value is -1.55. The van der Waals surface area contributed by atoms with Gasteiger partial charge < -0.3 is 15.5 Å². The van der Waals surface area contributed by atoms with Gasteiger partial charge in [0.2, 0.25) is 0 Å². The van der Waals surface area contributed by atoms with Crippen LogP contribution in [0.25, 0.3) is 0 Å². The van der Waals surface area contributed by atoms with Gasteiger partial charge in [-0.05, 0) is 57.5 Å². The predicted octanol–water partition coefficient (Wildman–Crippen LogP) is 2.72. The van der Waals surface area contributed by atoms with Crippen molar-refractivity contribution >= 4 is 11.6 Å². The number of piperidine rings is 1. The van der Waals surface area contributed by atoms with Crippen LogP contribution in [0.3, 0.4) is 0 Å². The van der Waals surface area contributed by atoms with Gasteiger partial charge in [-0.2, -0.15) is 0 Å². The molecule has 0 bridgehead atoms. The van der Waals surface area contributed by atoms with Crippen LogP contribution in [0, 0.1) is 0 Å². The SMILES string of the molecule is CCN1CCC(Nc2ccc(C(=O)NC(C)C)cc2)CC1. The summed E-state index contributed by atoms with van der Waals surface area (Å²) in [5.74, 6) is -0.00666. The Labute approximate surface area is 127 Å². The summed E-state index contributed by atoms with van der Waals surface area (Å²) in [6.07, 6.45) is 2.37. The molecule has 1 aliphatic rings. The molecule has 1 aliphatic heterocycles. The largest absolute Gasteiger partial charge is 0.382 e. The number of anilines is 1. The zero-order valence-electron chi connectivity index (χ0n) is 13.4. The molecular weight excluding hydrogens is 262 g/mol. The van der Waals surface area contributed by atoms with Gasteiger partial charge in [-0.25, -0.2) is 0 Å². The topological polar surface area (TPSA) is 44.4 Å². The number of amides is 1. The molecule has 1 amide bonds. The van der Waals surface area contributed by atoms with Crippen molar-refractivity contribution in [1.82, 2.24) is 10.2 Å². The number of carbonyl (C=O) groups excluding carboxylic acids is 1. The molecule has 1 aromatic carbocycles. The van der Waals surface area contributed by atoms with Crippen LogP contribution < -0.4 is 10.6 Å². The summed E-state index contributed by atoms with van der Waals surface area (Å²) in [6, 6.07) is 8.49. The van der Waals surface area contributed by atoms with Crippen LogP contribution >= 0.6 is 0 Å². The lowest BCUT2D eigenvalue weighted by atomic mass is 10.0. The van der Waals surface area contributed by atoms with E-state index in [2.05, 4.69) is 22.5 Å². The van der Waals surface area contributed by atoms with Gasteiger partial charge in [0.1, 0.15) is 0 Å². The van der Waals surface area contributed by atoms with Gasteiger partial charge in [0, 0.05) is 36.4 Å². The van der Waals surface area contributed by atoms with Crippen LogP contribution in [0.1, 0.15) is 44.0 Å². The van der Waals surface area contributed by atoms with Crippen LogP contribution in [0.15, 0.2) is 24.3 Å². The van der Waals surface area contributed by atoms with Gasteiger partial charge in [0.25, 0.3) is 5.91 Å². The van der Waals surface area contributed by atoms with Crippen molar-refractivity contribution in [2.24, 2.45) is 0 Å². The fraction of sp³-hybridized carbons (Fsp3) is 0.588. The van der Waals surface area contributed by atoms with Crippen molar-refractivity contribution in [3.05, 3.63) is 29.8 Å². The number of hydrogen-bond donors (Lipinski definition) is 2. The van der Waals surface area contributed by atoms with E-state index in [0.717, 1.165) is 17.8 Å². The van der Waals surface area contributed by atoms with Gasteiger partial charge in [0.05, 0.1) is 0 Å². The molecule has 0 radical (unpaired) electrons. The normalized spacial score (nSPS) is 17.0. The summed E-state index contributed by atoms with van der Waals surface area (Å²) in [7, 11) is 0. The van der Waals surface area contributed by atoms with Crippen molar-refractivity contribution in [1.29, 1.82) is 0 Å². The lowest BCUT2D eigenvalue weighted by Crippen LogP contribution is -2.38. The molecule has 4 heteroatoms. The van der Waals surface area contributed by atoms with Crippen molar-refractivity contribution in [2.45, 2.75) is 45.7 Å². The van der Waals surface area contributed by atoms with Crippen LogP contribution in [0.2, 0.25) is 0 Å². The zero-order valence-corrected chi connectivity index (χ0v) is 13.4. The van der Waals surface area contributed by atoms with E-state index >= 15 is 0 Å². The molecule has 2 N–H and O–H groups in total. The summed E-state index contributed by atoms with van der Waals surface area (Å²) in [5.41, 5.74) is 1.82. The highest BCUT2D eigenvalue weighted by Gasteiger charge is 2.17. The highest BCUT2D eigenvalue weighted by Crippen LogP contribution is 2.17. The van der Waals surface area contributed by atoms with E-state index in [1.807, 2.05) is 38.1 Å². The van der Waals surface area contributed by atoms with E-state index in [0.29, 0.717) is 6.04 Å². The number of likely N-dealkylation sites (tertiary alicyclic amines) is 1. The van der Waals surface area contributed by atoms with Crippen molar-refractivity contribution in [2.75, 3.05) is 25.0 Å². The first-order chi connectivity index (χ1) is 10.1. The Bertz CT molecular complexity index is 448. The van der Waals surface area contributed by atoms with E-state index in [-0.39, 0.29) is 11.9 Å². The van der Waals surface area contributed by atoms with E-state index in [9.17, 15) is 4.79 Å². The first-order valence-electron chi connectivity index (χ1n) is 7.98. The summed E-state index contributed by atoms with van der Waals surface area (Å²) in [6.45, 7) is 9.64. The van der Waals surface area contributed by atoms with E-state index in [4.69, 9.17) is 0 Å². The Morgan fingerprint density at radius 3 is 2.38 bits per heavy atom. The van der Waals surface area contributed by atoms with Crippen LogP contribution in [0.5, 0.6) is 0 Å². The fourth-order valence-corrected chi connectivity index (χ4v) is 2.69. The molecule has 21 heavy (non-hydrogen) atoms. The lowest BCUT2D eigenvalue weighted by Gasteiger charge is -2.32. The summed E-state index contributed by atoms with van der Waals surface area (Å²) < 4.78 is 0. The van der Waals surface area contributed by atoms with E-state index < -0.39 is 0 Å². The molecule has 4 nitrogen and oxygen atoms in total. The Balaban J connectivity index is 1.86.